The minimum absolute atomic E-state index is 0.153. The predicted molar refractivity (Wildman–Crippen MR) is 81.4 cm³/mol. The molecule has 0 bridgehead atoms. The zero-order valence-electron chi connectivity index (χ0n) is 12.3. The van der Waals surface area contributed by atoms with E-state index in [1.54, 1.807) is 0 Å². The average molecular weight is 259 g/mol. The molecule has 0 rings (SSSR count). The first-order chi connectivity index (χ1) is 8.41. The Morgan fingerprint density at radius 2 is 1.18 bits per heavy atom. The van der Waals surface area contributed by atoms with Crippen molar-refractivity contribution in [3.8, 4) is 0 Å². The van der Waals surface area contributed by atoms with Crippen LogP contribution in [0.15, 0.2) is 0 Å². The molecule has 0 saturated carbocycles. The molecule has 17 heavy (non-hydrogen) atoms. The minimum Gasteiger partial charge on any atom is -0.424 e. The van der Waals surface area contributed by atoms with Gasteiger partial charge in [-0.05, 0) is 12.5 Å². The quantitative estimate of drug-likeness (QED) is 0.320. The fraction of sp³-hybridized carbons (Fsp3) is 1.00. The molecule has 0 heterocycles. The number of rotatable bonds is 14. The molecule has 0 aromatic rings. The third kappa shape index (κ3) is 16.2. The van der Waals surface area contributed by atoms with Gasteiger partial charge in [-0.15, -0.1) is 0 Å². The first kappa shape index (κ1) is 17.2. The molecule has 0 atom stereocenters. The lowest BCUT2D eigenvalue weighted by molar-refractivity contribution is 0.334. The van der Waals surface area contributed by atoms with Gasteiger partial charge in [-0.2, -0.15) is 0 Å². The minimum atomic E-state index is -0.153. The van der Waals surface area contributed by atoms with Crippen LogP contribution in [0.1, 0.15) is 84.5 Å². The lowest BCUT2D eigenvalue weighted by Gasteiger charge is -2.03. The fourth-order valence-corrected chi connectivity index (χ4v) is 3.37. The van der Waals surface area contributed by atoms with Crippen molar-refractivity contribution in [3.05, 3.63) is 0 Å². The molecule has 104 valence electrons. The van der Waals surface area contributed by atoms with Crippen molar-refractivity contribution in [1.82, 2.24) is 0 Å². The summed E-state index contributed by atoms with van der Waals surface area (Å²) in [5.41, 5.74) is 0. The maximum Gasteiger partial charge on any atom is 0.161 e. The zero-order valence-corrected chi connectivity index (χ0v) is 13.7. The summed E-state index contributed by atoms with van der Waals surface area (Å²) in [6.45, 7) is 5.48. The van der Waals surface area contributed by atoms with Crippen LogP contribution in [0.3, 0.4) is 0 Å². The summed E-state index contributed by atoms with van der Waals surface area (Å²) in [7, 11) is -0.153. The summed E-state index contributed by atoms with van der Waals surface area (Å²) >= 11 is 0. The first-order valence-corrected chi connectivity index (χ1v) is 9.57. The van der Waals surface area contributed by atoms with Gasteiger partial charge in [0.2, 0.25) is 0 Å². The molecule has 0 aromatic heterocycles. The van der Waals surface area contributed by atoms with Gasteiger partial charge in [-0.3, -0.25) is 0 Å². The Kier molecular flexibility index (Phi) is 16.3. The Morgan fingerprint density at radius 3 is 1.71 bits per heavy atom. The van der Waals surface area contributed by atoms with Gasteiger partial charge in [0.15, 0.2) is 9.76 Å². The molecule has 1 nitrogen and oxygen atoms in total. The molecule has 2 heteroatoms. The van der Waals surface area contributed by atoms with Crippen LogP contribution in [0.25, 0.3) is 0 Å². The molecule has 0 aliphatic heterocycles. The zero-order chi connectivity index (χ0) is 12.6. The Balaban J connectivity index is 2.85. The highest BCUT2D eigenvalue weighted by Gasteiger charge is 1.93. The number of hydrogen-bond acceptors (Lipinski definition) is 1. The summed E-state index contributed by atoms with van der Waals surface area (Å²) in [5, 5.41) is 0. The van der Waals surface area contributed by atoms with E-state index < -0.39 is 0 Å². The molecule has 0 radical (unpaired) electrons. The molecular weight excluding hydrogens is 224 g/mol. The van der Waals surface area contributed by atoms with Crippen LogP contribution in [-0.2, 0) is 4.43 Å². The largest absolute Gasteiger partial charge is 0.424 e. The van der Waals surface area contributed by atoms with E-state index in [1.165, 1.54) is 76.7 Å². The van der Waals surface area contributed by atoms with Crippen LogP contribution < -0.4 is 0 Å². The molecule has 0 aromatic carbocycles. The second-order valence-electron chi connectivity index (χ2n) is 5.15. The van der Waals surface area contributed by atoms with Gasteiger partial charge >= 0.3 is 0 Å². The standard InChI is InChI=1S/C15H34OSi/c1-3-5-6-7-8-9-10-11-12-13-15-17-16-14-4-2/h3-15,17H2,1-2H3. The molecule has 0 aliphatic rings. The fourth-order valence-electron chi connectivity index (χ4n) is 2.11. The maximum absolute atomic E-state index is 5.60. The molecule has 0 fully saturated rings. The van der Waals surface area contributed by atoms with Crippen molar-refractivity contribution in [3.63, 3.8) is 0 Å². The summed E-state index contributed by atoms with van der Waals surface area (Å²) in [5.74, 6) is 0. The van der Waals surface area contributed by atoms with Crippen molar-refractivity contribution in [2.75, 3.05) is 6.61 Å². The smallest absolute Gasteiger partial charge is 0.161 e. The Labute approximate surface area is 112 Å². The van der Waals surface area contributed by atoms with Crippen LogP contribution in [0.2, 0.25) is 6.04 Å². The second-order valence-corrected chi connectivity index (χ2v) is 6.67. The van der Waals surface area contributed by atoms with Crippen LogP contribution in [0.4, 0.5) is 0 Å². The highest BCUT2D eigenvalue weighted by Crippen LogP contribution is 2.11. The summed E-state index contributed by atoms with van der Waals surface area (Å²) < 4.78 is 5.60. The van der Waals surface area contributed by atoms with E-state index in [2.05, 4.69) is 13.8 Å². The van der Waals surface area contributed by atoms with E-state index in [4.69, 9.17) is 4.43 Å². The summed E-state index contributed by atoms with van der Waals surface area (Å²) in [6.07, 6.45) is 15.6. The van der Waals surface area contributed by atoms with Crippen LogP contribution in [-0.4, -0.2) is 16.4 Å². The summed E-state index contributed by atoms with van der Waals surface area (Å²) in [4.78, 5) is 0. The van der Waals surface area contributed by atoms with E-state index in [1.807, 2.05) is 0 Å². The van der Waals surface area contributed by atoms with E-state index in [0.717, 1.165) is 6.61 Å². The summed E-state index contributed by atoms with van der Waals surface area (Å²) in [6, 6.07) is 1.40. The number of unbranched alkanes of at least 4 members (excludes halogenated alkanes) is 9. The molecule has 0 N–H and O–H groups in total. The van der Waals surface area contributed by atoms with Crippen molar-refractivity contribution >= 4 is 9.76 Å². The third-order valence-electron chi connectivity index (χ3n) is 3.24. The van der Waals surface area contributed by atoms with Crippen LogP contribution in [0, 0.1) is 0 Å². The lowest BCUT2D eigenvalue weighted by atomic mass is 10.1. The van der Waals surface area contributed by atoms with E-state index in [0.29, 0.717) is 0 Å². The Hall–Kier alpha value is 0.177. The van der Waals surface area contributed by atoms with Crippen molar-refractivity contribution in [2.45, 2.75) is 90.5 Å². The third-order valence-corrected chi connectivity index (χ3v) is 4.61. The van der Waals surface area contributed by atoms with Gasteiger partial charge in [-0.25, -0.2) is 0 Å². The Morgan fingerprint density at radius 1 is 0.647 bits per heavy atom. The monoisotopic (exact) mass is 258 g/mol. The second kappa shape index (κ2) is 16.2. The van der Waals surface area contributed by atoms with Gasteiger partial charge in [0.1, 0.15) is 0 Å². The first-order valence-electron chi connectivity index (χ1n) is 7.99. The molecule has 0 amide bonds. The van der Waals surface area contributed by atoms with Crippen molar-refractivity contribution < 1.29 is 4.43 Å². The van der Waals surface area contributed by atoms with E-state index >= 15 is 0 Å². The Bertz CT molecular complexity index is 114. The molecular formula is C15H34OSi. The molecule has 0 aliphatic carbocycles. The average Bonchev–Trinajstić information content (AvgIpc) is 2.35. The molecule has 0 saturated heterocycles. The lowest BCUT2D eigenvalue weighted by Crippen LogP contribution is -1.98. The van der Waals surface area contributed by atoms with Gasteiger partial charge in [0.25, 0.3) is 0 Å². The maximum atomic E-state index is 5.60. The van der Waals surface area contributed by atoms with Gasteiger partial charge < -0.3 is 4.43 Å². The van der Waals surface area contributed by atoms with Gasteiger partial charge in [0, 0.05) is 6.61 Å². The molecule has 0 spiro atoms. The van der Waals surface area contributed by atoms with Crippen molar-refractivity contribution in [2.24, 2.45) is 0 Å². The van der Waals surface area contributed by atoms with Crippen LogP contribution >= 0.6 is 0 Å². The normalized spacial score (nSPS) is 11.6. The number of hydrogen-bond donors (Lipinski definition) is 0. The highest BCUT2D eigenvalue weighted by atomic mass is 28.2. The van der Waals surface area contributed by atoms with Crippen LogP contribution in [0.5, 0.6) is 0 Å². The van der Waals surface area contributed by atoms with Gasteiger partial charge in [-0.1, -0.05) is 78.1 Å². The van der Waals surface area contributed by atoms with E-state index in [9.17, 15) is 0 Å². The van der Waals surface area contributed by atoms with E-state index in [-0.39, 0.29) is 9.76 Å². The van der Waals surface area contributed by atoms with Gasteiger partial charge in [0.05, 0.1) is 0 Å². The topological polar surface area (TPSA) is 9.23 Å². The highest BCUT2D eigenvalue weighted by molar-refractivity contribution is 6.26. The molecule has 0 unspecified atom stereocenters. The van der Waals surface area contributed by atoms with Crippen molar-refractivity contribution in [1.29, 1.82) is 0 Å². The predicted octanol–water partition coefficient (Wildman–Crippen LogP) is 4.84. The SMILES string of the molecule is CCCCCCCCCCCC[SiH2]OCCC.